The Hall–Kier alpha value is -3.22. The number of rotatable bonds is 5. The van der Waals surface area contributed by atoms with Gasteiger partial charge in [-0.25, -0.2) is 13.8 Å². The van der Waals surface area contributed by atoms with Crippen molar-refractivity contribution in [3.8, 4) is 5.75 Å². The lowest BCUT2D eigenvalue weighted by atomic mass is 9.98. The van der Waals surface area contributed by atoms with E-state index in [1.54, 1.807) is 35.2 Å². The molecule has 3 aromatic rings. The number of aromatic nitrogens is 1. The van der Waals surface area contributed by atoms with Crippen LogP contribution in [0.4, 0.5) is 8.78 Å². The predicted octanol–water partition coefficient (Wildman–Crippen LogP) is 4.16. The molecular formula is C21H18F2N2O3. The van der Waals surface area contributed by atoms with Gasteiger partial charge in [-0.1, -0.05) is 30.3 Å². The van der Waals surface area contributed by atoms with Crippen LogP contribution in [0.2, 0.25) is 0 Å². The van der Waals surface area contributed by atoms with Crippen molar-refractivity contribution in [3.63, 3.8) is 0 Å². The molecule has 1 aliphatic heterocycles. The van der Waals surface area contributed by atoms with Gasteiger partial charge in [0, 0.05) is 19.0 Å². The zero-order valence-electron chi connectivity index (χ0n) is 15.0. The zero-order chi connectivity index (χ0) is 19.5. The number of nitrogens with zero attached hydrogens (tertiary/aromatic N) is 2. The molecule has 2 heterocycles. The Balaban J connectivity index is 1.38. The summed E-state index contributed by atoms with van der Waals surface area (Å²) in [7, 11) is 0. The van der Waals surface area contributed by atoms with Gasteiger partial charge in [-0.05, 0) is 30.2 Å². The van der Waals surface area contributed by atoms with Crippen molar-refractivity contribution in [1.82, 2.24) is 9.88 Å². The number of halogens is 2. The first-order valence-electron chi connectivity index (χ1n) is 8.97. The first-order valence-corrected chi connectivity index (χ1v) is 8.97. The number of likely N-dealkylation sites (tertiary alicyclic amines) is 1. The van der Waals surface area contributed by atoms with Crippen molar-refractivity contribution in [2.75, 3.05) is 13.1 Å². The molecule has 2 aromatic carbocycles. The molecule has 0 spiro atoms. The number of hydrogen-bond donors (Lipinski definition) is 0. The fourth-order valence-electron chi connectivity index (χ4n) is 3.34. The molecule has 7 heteroatoms. The van der Waals surface area contributed by atoms with Crippen LogP contribution in [0.15, 0.2) is 59.2 Å². The Kier molecular flexibility index (Phi) is 5.06. The van der Waals surface area contributed by atoms with Gasteiger partial charge in [0.25, 0.3) is 5.91 Å². The van der Waals surface area contributed by atoms with Crippen molar-refractivity contribution >= 4 is 5.91 Å². The topological polar surface area (TPSA) is 55.6 Å². The fourth-order valence-corrected chi connectivity index (χ4v) is 3.34. The second-order valence-corrected chi connectivity index (χ2v) is 6.60. The van der Waals surface area contributed by atoms with E-state index in [-0.39, 0.29) is 41.6 Å². The summed E-state index contributed by atoms with van der Waals surface area (Å²) in [6.07, 6.45) is 1.95. The van der Waals surface area contributed by atoms with Crippen LogP contribution < -0.4 is 4.74 Å². The van der Waals surface area contributed by atoms with E-state index < -0.39 is 5.82 Å². The van der Waals surface area contributed by atoms with Gasteiger partial charge in [-0.2, -0.15) is 0 Å². The number of carbonyl (C=O) groups excluding carboxylic acids is 1. The third kappa shape index (κ3) is 3.74. The van der Waals surface area contributed by atoms with Gasteiger partial charge in [-0.3, -0.25) is 4.79 Å². The van der Waals surface area contributed by atoms with Gasteiger partial charge in [0.1, 0.15) is 12.1 Å². The lowest BCUT2D eigenvalue weighted by molar-refractivity contribution is 0.0784. The first kappa shape index (κ1) is 18.2. The second-order valence-electron chi connectivity index (χ2n) is 6.60. The van der Waals surface area contributed by atoms with E-state index in [1.807, 2.05) is 0 Å². The molecule has 1 atom stereocenters. The summed E-state index contributed by atoms with van der Waals surface area (Å²) in [5.74, 6) is -0.796. The molecule has 1 saturated heterocycles. The molecule has 5 nitrogen and oxygen atoms in total. The van der Waals surface area contributed by atoms with Crippen LogP contribution in [0.3, 0.4) is 0 Å². The van der Waals surface area contributed by atoms with Gasteiger partial charge in [0.2, 0.25) is 5.89 Å². The fraction of sp³-hybridized carbons (Fsp3) is 0.238. The molecular weight excluding hydrogens is 366 g/mol. The minimum Gasteiger partial charge on any atom is -0.481 e. The molecule has 4 rings (SSSR count). The average Bonchev–Trinajstić information content (AvgIpc) is 3.37. The molecule has 0 N–H and O–H groups in total. The molecule has 144 valence electrons. The lowest BCUT2D eigenvalue weighted by Gasteiger charge is -2.15. The van der Waals surface area contributed by atoms with Gasteiger partial charge in [0.05, 0.1) is 0 Å². The van der Waals surface area contributed by atoms with E-state index in [1.165, 1.54) is 24.5 Å². The molecule has 0 saturated carbocycles. The molecule has 1 unspecified atom stereocenters. The Bertz CT molecular complexity index is 989. The smallest absolute Gasteiger partial charge is 0.275 e. The van der Waals surface area contributed by atoms with E-state index in [0.717, 1.165) is 0 Å². The highest BCUT2D eigenvalue weighted by molar-refractivity contribution is 5.92. The van der Waals surface area contributed by atoms with Gasteiger partial charge < -0.3 is 14.1 Å². The van der Waals surface area contributed by atoms with Crippen LogP contribution in [0.1, 0.15) is 34.3 Å². The van der Waals surface area contributed by atoms with Crippen molar-refractivity contribution in [3.05, 3.63) is 83.6 Å². The Morgan fingerprint density at radius 2 is 1.89 bits per heavy atom. The van der Waals surface area contributed by atoms with E-state index in [4.69, 9.17) is 9.15 Å². The minimum atomic E-state index is -0.485. The van der Waals surface area contributed by atoms with Crippen molar-refractivity contribution in [2.45, 2.75) is 18.9 Å². The van der Waals surface area contributed by atoms with E-state index in [9.17, 15) is 13.6 Å². The lowest BCUT2D eigenvalue weighted by Crippen LogP contribution is -2.28. The normalized spacial score (nSPS) is 16.4. The Morgan fingerprint density at radius 3 is 2.68 bits per heavy atom. The molecule has 0 radical (unpaired) electrons. The highest BCUT2D eigenvalue weighted by atomic mass is 19.1. The Morgan fingerprint density at radius 1 is 1.14 bits per heavy atom. The molecule has 0 aliphatic carbocycles. The SMILES string of the molecule is O=C(c1coc(COc2ccccc2F)n1)N1CCC(c2ccccc2F)C1. The van der Waals surface area contributed by atoms with Crippen molar-refractivity contribution < 1.29 is 22.7 Å². The largest absolute Gasteiger partial charge is 0.481 e. The molecule has 1 aromatic heterocycles. The number of carbonyl (C=O) groups is 1. The quantitative estimate of drug-likeness (QED) is 0.663. The summed E-state index contributed by atoms with van der Waals surface area (Å²) in [6, 6.07) is 12.6. The number of amides is 1. The summed E-state index contributed by atoms with van der Waals surface area (Å²) in [4.78, 5) is 18.4. The number of para-hydroxylation sites is 1. The average molecular weight is 384 g/mol. The summed E-state index contributed by atoms with van der Waals surface area (Å²) in [6.45, 7) is 0.853. The molecule has 1 amide bonds. The second kappa shape index (κ2) is 7.80. The van der Waals surface area contributed by atoms with Crippen LogP contribution in [0.5, 0.6) is 5.75 Å². The third-order valence-electron chi connectivity index (χ3n) is 4.78. The first-order chi connectivity index (χ1) is 13.6. The Labute approximate surface area is 160 Å². The number of benzene rings is 2. The maximum absolute atomic E-state index is 14.0. The molecule has 28 heavy (non-hydrogen) atoms. The molecule has 1 aliphatic rings. The van der Waals surface area contributed by atoms with Crippen LogP contribution in [0, 0.1) is 11.6 Å². The van der Waals surface area contributed by atoms with Gasteiger partial charge in [-0.15, -0.1) is 0 Å². The predicted molar refractivity (Wildman–Crippen MR) is 96.9 cm³/mol. The maximum Gasteiger partial charge on any atom is 0.275 e. The van der Waals surface area contributed by atoms with Crippen LogP contribution in [-0.2, 0) is 6.61 Å². The summed E-state index contributed by atoms with van der Waals surface area (Å²) in [5.41, 5.74) is 0.776. The third-order valence-corrected chi connectivity index (χ3v) is 4.78. The van der Waals surface area contributed by atoms with Gasteiger partial charge in [0.15, 0.2) is 23.9 Å². The minimum absolute atomic E-state index is 0.0408. The summed E-state index contributed by atoms with van der Waals surface area (Å²) < 4.78 is 38.2. The maximum atomic E-state index is 14.0. The van der Waals surface area contributed by atoms with Crippen LogP contribution in [-0.4, -0.2) is 28.9 Å². The number of oxazole rings is 1. The van der Waals surface area contributed by atoms with E-state index in [2.05, 4.69) is 4.98 Å². The van der Waals surface area contributed by atoms with Crippen molar-refractivity contribution in [2.24, 2.45) is 0 Å². The van der Waals surface area contributed by atoms with Crippen LogP contribution >= 0.6 is 0 Å². The highest BCUT2D eigenvalue weighted by Gasteiger charge is 2.30. The monoisotopic (exact) mass is 384 g/mol. The standard InChI is InChI=1S/C21H18F2N2O3/c22-16-6-2-1-5-15(16)14-9-10-25(11-14)21(26)18-12-28-20(24-18)13-27-19-8-4-3-7-17(19)23/h1-8,12,14H,9-11,13H2. The molecule has 1 fully saturated rings. The molecule has 0 bridgehead atoms. The highest BCUT2D eigenvalue weighted by Crippen LogP contribution is 2.29. The van der Waals surface area contributed by atoms with Crippen LogP contribution in [0.25, 0.3) is 0 Å². The van der Waals surface area contributed by atoms with E-state index >= 15 is 0 Å². The van der Waals surface area contributed by atoms with Gasteiger partial charge >= 0.3 is 0 Å². The number of ether oxygens (including phenoxy) is 1. The zero-order valence-corrected chi connectivity index (χ0v) is 15.0. The summed E-state index contributed by atoms with van der Waals surface area (Å²) in [5, 5.41) is 0. The summed E-state index contributed by atoms with van der Waals surface area (Å²) >= 11 is 0. The number of hydrogen-bond acceptors (Lipinski definition) is 4. The van der Waals surface area contributed by atoms with Crippen molar-refractivity contribution in [1.29, 1.82) is 0 Å². The van der Waals surface area contributed by atoms with E-state index in [0.29, 0.717) is 25.1 Å².